The van der Waals surface area contributed by atoms with Gasteiger partial charge in [-0.05, 0) is 31.5 Å². The molecule has 0 saturated carbocycles. The molecule has 0 atom stereocenters. The molecule has 1 fully saturated rings. The van der Waals surface area contributed by atoms with Gasteiger partial charge in [-0.2, -0.15) is 0 Å². The molecule has 30 heavy (non-hydrogen) atoms. The summed E-state index contributed by atoms with van der Waals surface area (Å²) in [5.41, 5.74) is 4.20. The molecule has 0 unspecified atom stereocenters. The Labute approximate surface area is 175 Å². The number of rotatable bonds is 5. The molecule has 0 N–H and O–H groups in total. The Balaban J connectivity index is 1.46. The maximum absolute atomic E-state index is 12.7. The molecule has 0 bridgehead atoms. The fraction of sp³-hybridized carbons (Fsp3) is 0.217. The van der Waals surface area contributed by atoms with Crippen molar-refractivity contribution in [3.8, 4) is 11.4 Å². The van der Waals surface area contributed by atoms with Crippen molar-refractivity contribution in [3.63, 3.8) is 0 Å². The maximum Gasteiger partial charge on any atom is 0.266 e. The SMILES string of the molecule is Cc1cc(C)cc(-c2ncn(/C=C\C(=O)N3CCC(=O)N3Cc3ccccc3)n2)c1. The van der Waals surface area contributed by atoms with E-state index in [0.29, 0.717) is 25.3 Å². The normalized spacial score (nSPS) is 14.1. The number of hydrogen-bond donors (Lipinski definition) is 0. The summed E-state index contributed by atoms with van der Waals surface area (Å²) in [6.07, 6.45) is 4.86. The van der Waals surface area contributed by atoms with Gasteiger partial charge in [0, 0.05) is 24.3 Å². The third-order valence-corrected chi connectivity index (χ3v) is 4.90. The van der Waals surface area contributed by atoms with Gasteiger partial charge in [-0.25, -0.2) is 19.7 Å². The Morgan fingerprint density at radius 3 is 2.57 bits per heavy atom. The second-order valence-corrected chi connectivity index (χ2v) is 7.39. The second-order valence-electron chi connectivity index (χ2n) is 7.39. The van der Waals surface area contributed by atoms with Crippen LogP contribution >= 0.6 is 0 Å². The lowest BCUT2D eigenvalue weighted by Crippen LogP contribution is -2.41. The molecule has 7 nitrogen and oxygen atoms in total. The summed E-state index contributed by atoms with van der Waals surface area (Å²) in [6.45, 7) is 4.81. The third kappa shape index (κ3) is 4.30. The Hall–Kier alpha value is -3.74. The average molecular weight is 401 g/mol. The molecule has 1 saturated heterocycles. The van der Waals surface area contributed by atoms with Crippen molar-refractivity contribution >= 4 is 18.0 Å². The summed E-state index contributed by atoms with van der Waals surface area (Å²) in [6, 6.07) is 15.8. The summed E-state index contributed by atoms with van der Waals surface area (Å²) in [4.78, 5) is 29.3. The van der Waals surface area contributed by atoms with Crippen LogP contribution in [0.15, 0.2) is 60.9 Å². The van der Waals surface area contributed by atoms with E-state index in [2.05, 4.69) is 16.1 Å². The van der Waals surface area contributed by atoms with Crippen LogP contribution in [0.3, 0.4) is 0 Å². The molecule has 1 aromatic heterocycles. The molecule has 1 aliphatic heterocycles. The zero-order valence-corrected chi connectivity index (χ0v) is 17.0. The Morgan fingerprint density at radius 1 is 1.10 bits per heavy atom. The van der Waals surface area contributed by atoms with E-state index in [1.165, 1.54) is 20.8 Å². The van der Waals surface area contributed by atoms with Gasteiger partial charge >= 0.3 is 0 Å². The van der Waals surface area contributed by atoms with Gasteiger partial charge in [0.1, 0.15) is 6.33 Å². The number of benzene rings is 2. The Bertz CT molecular complexity index is 1080. The highest BCUT2D eigenvalue weighted by Gasteiger charge is 2.31. The number of aromatic nitrogens is 3. The molecule has 0 spiro atoms. The number of carbonyl (C=O) groups excluding carboxylic acids is 2. The van der Waals surface area contributed by atoms with Gasteiger partial charge in [-0.1, -0.05) is 47.5 Å². The van der Waals surface area contributed by atoms with E-state index in [4.69, 9.17) is 0 Å². The number of hydrazine groups is 1. The van der Waals surface area contributed by atoms with Gasteiger partial charge in [0.25, 0.3) is 5.91 Å². The number of amides is 2. The van der Waals surface area contributed by atoms with Crippen LogP contribution in [0, 0.1) is 13.8 Å². The molecule has 2 aromatic carbocycles. The molecular weight excluding hydrogens is 378 g/mol. The van der Waals surface area contributed by atoms with E-state index < -0.39 is 0 Å². The molecule has 0 radical (unpaired) electrons. The van der Waals surface area contributed by atoms with Crippen LogP contribution in [0.5, 0.6) is 0 Å². The lowest BCUT2D eigenvalue weighted by molar-refractivity contribution is -0.151. The predicted octanol–water partition coefficient (Wildman–Crippen LogP) is 3.21. The standard InChI is InChI=1S/C23H23N5O2/c1-17-12-18(2)14-20(13-17)23-24-16-26(25-23)10-8-21(29)27-11-9-22(30)28(27)15-19-6-4-3-5-7-19/h3-8,10,12-14,16H,9,11,15H2,1-2H3/b10-8-. The van der Waals surface area contributed by atoms with Crippen molar-refractivity contribution in [2.75, 3.05) is 6.54 Å². The highest BCUT2D eigenvalue weighted by atomic mass is 16.2. The van der Waals surface area contributed by atoms with Crippen LogP contribution in [-0.4, -0.2) is 43.1 Å². The van der Waals surface area contributed by atoms with Crippen molar-refractivity contribution in [2.24, 2.45) is 0 Å². The highest BCUT2D eigenvalue weighted by Crippen LogP contribution is 2.19. The molecule has 2 heterocycles. The number of nitrogens with zero attached hydrogens (tertiary/aromatic N) is 5. The molecule has 7 heteroatoms. The molecule has 152 valence electrons. The zero-order valence-electron chi connectivity index (χ0n) is 17.0. The van der Waals surface area contributed by atoms with E-state index in [1.54, 1.807) is 12.5 Å². The molecule has 0 aliphatic carbocycles. The van der Waals surface area contributed by atoms with Crippen LogP contribution in [-0.2, 0) is 16.1 Å². The topological polar surface area (TPSA) is 71.3 Å². The van der Waals surface area contributed by atoms with Gasteiger partial charge < -0.3 is 0 Å². The first-order chi connectivity index (χ1) is 14.5. The fourth-order valence-corrected chi connectivity index (χ4v) is 3.55. The van der Waals surface area contributed by atoms with Crippen molar-refractivity contribution in [1.29, 1.82) is 0 Å². The molecule has 3 aromatic rings. The average Bonchev–Trinajstić information content (AvgIpc) is 3.34. The van der Waals surface area contributed by atoms with E-state index in [9.17, 15) is 9.59 Å². The van der Waals surface area contributed by atoms with Gasteiger partial charge in [0.15, 0.2) is 5.82 Å². The quantitative estimate of drug-likeness (QED) is 0.616. The van der Waals surface area contributed by atoms with E-state index in [0.717, 1.165) is 22.3 Å². The fourth-order valence-electron chi connectivity index (χ4n) is 3.55. The van der Waals surface area contributed by atoms with Gasteiger partial charge in [-0.15, -0.1) is 5.10 Å². The number of carbonyl (C=O) groups is 2. The highest BCUT2D eigenvalue weighted by molar-refractivity contribution is 5.93. The summed E-state index contributed by atoms with van der Waals surface area (Å²) in [5, 5.41) is 7.41. The van der Waals surface area contributed by atoms with Crippen LogP contribution in [0.25, 0.3) is 17.6 Å². The lowest BCUT2D eigenvalue weighted by atomic mass is 10.1. The lowest BCUT2D eigenvalue weighted by Gasteiger charge is -2.27. The first kappa shape index (κ1) is 19.6. The smallest absolute Gasteiger partial charge is 0.266 e. The summed E-state index contributed by atoms with van der Waals surface area (Å²) < 4.78 is 1.50. The van der Waals surface area contributed by atoms with Crippen molar-refractivity contribution < 1.29 is 9.59 Å². The summed E-state index contributed by atoms with van der Waals surface area (Å²) >= 11 is 0. The summed E-state index contributed by atoms with van der Waals surface area (Å²) in [7, 11) is 0. The Morgan fingerprint density at radius 2 is 1.83 bits per heavy atom. The predicted molar refractivity (Wildman–Crippen MR) is 114 cm³/mol. The minimum atomic E-state index is -0.264. The zero-order chi connectivity index (χ0) is 21.1. The van der Waals surface area contributed by atoms with Crippen LogP contribution in [0.4, 0.5) is 0 Å². The van der Waals surface area contributed by atoms with E-state index in [-0.39, 0.29) is 11.8 Å². The Kier molecular flexibility index (Phi) is 5.43. The van der Waals surface area contributed by atoms with Crippen molar-refractivity contribution in [1.82, 2.24) is 24.8 Å². The van der Waals surface area contributed by atoms with Crippen LogP contribution in [0.1, 0.15) is 23.1 Å². The van der Waals surface area contributed by atoms with E-state index in [1.807, 2.05) is 56.3 Å². The van der Waals surface area contributed by atoms with Crippen molar-refractivity contribution in [2.45, 2.75) is 26.8 Å². The minimum Gasteiger partial charge on any atom is -0.273 e. The van der Waals surface area contributed by atoms with Crippen LogP contribution < -0.4 is 0 Å². The third-order valence-electron chi connectivity index (χ3n) is 4.90. The molecule has 1 aliphatic rings. The second kappa shape index (κ2) is 8.32. The molecular formula is C23H23N5O2. The summed E-state index contributed by atoms with van der Waals surface area (Å²) in [5.74, 6) is 0.277. The first-order valence-electron chi connectivity index (χ1n) is 9.83. The minimum absolute atomic E-state index is 0.0570. The first-order valence-corrected chi connectivity index (χ1v) is 9.83. The largest absolute Gasteiger partial charge is 0.273 e. The molecule has 2 amide bonds. The van der Waals surface area contributed by atoms with Gasteiger partial charge in [0.2, 0.25) is 5.91 Å². The number of aryl methyl sites for hydroxylation is 2. The van der Waals surface area contributed by atoms with Crippen LogP contribution in [0.2, 0.25) is 0 Å². The molecule has 4 rings (SSSR count). The monoisotopic (exact) mass is 401 g/mol. The van der Waals surface area contributed by atoms with Gasteiger partial charge in [0.05, 0.1) is 13.1 Å². The maximum atomic E-state index is 12.7. The van der Waals surface area contributed by atoms with Crippen molar-refractivity contribution in [3.05, 3.63) is 77.6 Å². The van der Waals surface area contributed by atoms with Gasteiger partial charge in [-0.3, -0.25) is 9.59 Å². The van der Waals surface area contributed by atoms with E-state index >= 15 is 0 Å². The number of hydrogen-bond acceptors (Lipinski definition) is 4.